The lowest BCUT2D eigenvalue weighted by Crippen LogP contribution is -2.45. The predicted molar refractivity (Wildman–Crippen MR) is 256 cm³/mol. The fraction of sp³-hybridized carbons (Fsp3) is 0.583. The monoisotopic (exact) mass is 1170 g/mol. The third-order valence-electron chi connectivity index (χ3n) is 12.8. The van der Waals surface area contributed by atoms with Crippen molar-refractivity contribution in [3.8, 4) is 0 Å². The molecule has 37 nitrogen and oxygen atoms in total. The van der Waals surface area contributed by atoms with E-state index in [4.69, 9.17) is 54.5 Å². The number of nitrogen functional groups attached to an aromatic ring is 3. The number of nitrogens with zero attached hydrogens (tertiary/aromatic N) is 10. The second-order valence-corrected chi connectivity index (χ2v) is 25.6. The summed E-state index contributed by atoms with van der Waals surface area (Å²) in [6.45, 7) is -2.92. The van der Waals surface area contributed by atoms with E-state index in [2.05, 4.69) is 44.2 Å². The summed E-state index contributed by atoms with van der Waals surface area (Å²) in [6.07, 6.45) is -10.6. The molecule has 0 saturated carbocycles. The molecule has 422 valence electrons. The number of nitrogens with one attached hydrogen (secondary N) is 2. The average molecular weight is 1170 g/mol. The summed E-state index contributed by atoms with van der Waals surface area (Å²) in [5.41, 5.74) is 14.0. The van der Waals surface area contributed by atoms with Gasteiger partial charge in [-0.25, -0.2) is 33.4 Å². The van der Waals surface area contributed by atoms with Crippen LogP contribution >= 0.6 is 30.6 Å². The van der Waals surface area contributed by atoms with Gasteiger partial charge in [0.15, 0.2) is 47.3 Å². The third-order valence-corrected chi connectivity index (χ3v) is 20.4. The van der Waals surface area contributed by atoms with Crippen molar-refractivity contribution >= 4 is 81.8 Å². The molecule has 6 aromatic heterocycles. The summed E-state index contributed by atoms with van der Waals surface area (Å²) < 4.78 is 109. The highest BCUT2D eigenvalue weighted by Crippen LogP contribution is 2.67. The molecule has 6 aromatic rings. The molecule has 9 heterocycles. The number of aromatic nitrogens is 12. The number of aromatic amines is 2. The van der Waals surface area contributed by atoms with Gasteiger partial charge >= 0.3 is 36.3 Å². The SMILES string of the molecule is COCC[C@H]1[C@@H](O)[C@H]([n+]2cn(C)c3c(=O)[nH]c(N)nc32)O[C@@H]1COP(=O)(O)CP(=O)(O)OP(=O)(O)OC[C@H]1O[C@@H](n2cnc3c(N)ncnc32)[C@H](OC)[C@@H]1P(=O)(O)OC[C@H]1O[C@@H](n2cnc3c(=O)[nH]c(N)nc32)[C@H](O)[C@@H]1O. The van der Waals surface area contributed by atoms with Crippen LogP contribution in [0.3, 0.4) is 0 Å². The maximum Gasteiger partial charge on any atom is 0.479 e. The van der Waals surface area contributed by atoms with E-state index in [1.807, 2.05) is 0 Å². The number of aliphatic hydroxyl groups excluding tert-OH is 3. The quantitative estimate of drug-likeness (QED) is 0.0249. The number of aryl methyl sites for hydroxylation is 1. The molecule has 3 aliphatic rings. The molecule has 0 aliphatic carbocycles. The number of ether oxygens (including phenoxy) is 5. The lowest BCUT2D eigenvalue weighted by molar-refractivity contribution is -0.745. The van der Waals surface area contributed by atoms with Crippen LogP contribution in [0.5, 0.6) is 0 Å². The average Bonchev–Trinajstić information content (AvgIpc) is 4.20. The van der Waals surface area contributed by atoms with Crippen LogP contribution < -0.4 is 32.9 Å². The van der Waals surface area contributed by atoms with Gasteiger partial charge in [-0.15, -0.1) is 0 Å². The van der Waals surface area contributed by atoms with Gasteiger partial charge in [0.25, 0.3) is 17.1 Å². The fourth-order valence-corrected chi connectivity index (χ4v) is 16.1. The Labute approximate surface area is 430 Å². The molecule has 3 fully saturated rings. The van der Waals surface area contributed by atoms with E-state index in [0.717, 1.165) is 30.7 Å². The molecule has 3 saturated heterocycles. The van der Waals surface area contributed by atoms with E-state index < -0.39 is 140 Å². The largest absolute Gasteiger partial charge is 0.479 e. The number of imidazole rings is 3. The Morgan fingerprint density at radius 3 is 2.10 bits per heavy atom. The standard InChI is InChI=1S/C36H51N15O22P4/c1-48-12-51(29-20(48)31(56)47-36(39)45-29)32-21(52)14(4-5-65-2)15(70-32)6-67-74(57,58)13-75(59,60)73-77(63,64)69-8-17-25(24(66-3)34(72-17)49-10-42-18-26(37)40-9-41-27(18)49)76(61,62)68-7-16-22(53)23(54)33(71-16)50-11-43-19-28(50)44-35(38)46-30(19)55/h9-12,14-17,21-25,32-34,52-54H,4-8,13H2,1-3H3,(H11-,37,38,39,40,41,44,45,46,47,55,56,57,58,59,60,61,62,63,64)/p+1/t14-,15-,16-,17-,21-,22-,23-,24-,25-,32-,33-,34-/m1/s1. The summed E-state index contributed by atoms with van der Waals surface area (Å²) in [4.78, 5) is 98.0. The number of nitrogens with two attached hydrogens (primary N) is 3. The normalized spacial score (nSPS) is 30.0. The summed E-state index contributed by atoms with van der Waals surface area (Å²) in [6, 6.07) is 0. The molecule has 77 heavy (non-hydrogen) atoms. The van der Waals surface area contributed by atoms with Gasteiger partial charge in [-0.2, -0.15) is 4.98 Å². The van der Waals surface area contributed by atoms with Crippen molar-refractivity contribution in [2.75, 3.05) is 63.8 Å². The number of anilines is 3. The molecule has 3 aliphatic heterocycles. The maximum absolute atomic E-state index is 14.5. The summed E-state index contributed by atoms with van der Waals surface area (Å²) in [7, 11) is -18.1. The molecule has 4 unspecified atom stereocenters. The molecular formula is C36H52N15O22P4+. The zero-order valence-electron chi connectivity index (χ0n) is 40.2. The van der Waals surface area contributed by atoms with E-state index in [-0.39, 0.29) is 64.2 Å². The van der Waals surface area contributed by atoms with Crippen molar-refractivity contribution < 1.29 is 99.3 Å². The first-order valence-electron chi connectivity index (χ1n) is 22.6. The van der Waals surface area contributed by atoms with Crippen molar-refractivity contribution in [1.82, 2.24) is 53.6 Å². The number of aliphatic hydroxyl groups is 3. The van der Waals surface area contributed by atoms with Crippen LogP contribution in [0.15, 0.2) is 34.9 Å². The molecule has 0 spiro atoms. The number of rotatable bonds is 21. The Morgan fingerprint density at radius 2 is 1.39 bits per heavy atom. The van der Waals surface area contributed by atoms with E-state index >= 15 is 0 Å². The van der Waals surface area contributed by atoms with Crippen LogP contribution in [0, 0.1) is 5.92 Å². The highest BCUT2D eigenvalue weighted by atomic mass is 31.3. The van der Waals surface area contributed by atoms with Crippen LogP contribution in [-0.2, 0) is 66.9 Å². The first-order valence-corrected chi connectivity index (χ1v) is 29.3. The molecule has 0 radical (unpaired) electrons. The van der Waals surface area contributed by atoms with Crippen molar-refractivity contribution in [3.63, 3.8) is 0 Å². The van der Waals surface area contributed by atoms with E-state index in [9.17, 15) is 62.7 Å². The summed E-state index contributed by atoms with van der Waals surface area (Å²) >= 11 is 0. The van der Waals surface area contributed by atoms with Gasteiger partial charge in [-0.1, -0.05) is 4.98 Å². The summed E-state index contributed by atoms with van der Waals surface area (Å²) in [5, 5.41) is 33.4. The van der Waals surface area contributed by atoms with Crippen LogP contribution in [0.2, 0.25) is 0 Å². The first-order chi connectivity index (χ1) is 36.2. The molecule has 0 amide bonds. The van der Waals surface area contributed by atoms with E-state index in [0.29, 0.717) is 0 Å². The Kier molecular flexibility index (Phi) is 15.8. The van der Waals surface area contributed by atoms with Gasteiger partial charge in [0.1, 0.15) is 54.1 Å². The number of hydrogen-bond donors (Lipinski definition) is 12. The predicted octanol–water partition coefficient (Wildman–Crippen LogP) is -3.24. The molecule has 16 atom stereocenters. The lowest BCUT2D eigenvalue weighted by atomic mass is 9.95. The number of fused-ring (bicyclic) bond motifs is 3. The topological polar surface area (TPSA) is 533 Å². The van der Waals surface area contributed by atoms with E-state index in [1.165, 1.54) is 34.2 Å². The van der Waals surface area contributed by atoms with Gasteiger partial charge in [-0.3, -0.25) is 51.5 Å². The van der Waals surface area contributed by atoms with Gasteiger partial charge in [0, 0.05) is 26.7 Å². The number of methoxy groups -OCH3 is 2. The molecule has 9 rings (SSSR count). The zero-order chi connectivity index (χ0) is 55.7. The Hall–Kier alpha value is -5.07. The summed E-state index contributed by atoms with van der Waals surface area (Å²) in [5.74, 6) is -3.32. The molecule has 15 N–H and O–H groups in total. The van der Waals surface area contributed by atoms with Crippen molar-refractivity contribution in [1.29, 1.82) is 0 Å². The van der Waals surface area contributed by atoms with E-state index in [1.54, 1.807) is 0 Å². The second kappa shape index (κ2) is 21.5. The lowest BCUT2D eigenvalue weighted by Gasteiger charge is -2.28. The minimum atomic E-state index is -5.85. The number of hydrogen-bond acceptors (Lipinski definition) is 27. The van der Waals surface area contributed by atoms with Gasteiger partial charge in [0.05, 0.1) is 45.6 Å². The molecule has 0 aromatic carbocycles. The van der Waals surface area contributed by atoms with Crippen LogP contribution in [0.4, 0.5) is 17.7 Å². The molecular weight excluding hydrogens is 1120 g/mol. The van der Waals surface area contributed by atoms with Crippen LogP contribution in [0.25, 0.3) is 33.5 Å². The maximum atomic E-state index is 14.5. The van der Waals surface area contributed by atoms with Crippen molar-refractivity contribution in [3.05, 3.63) is 46.0 Å². The van der Waals surface area contributed by atoms with Crippen LogP contribution in [-0.4, -0.2) is 183 Å². The van der Waals surface area contributed by atoms with Crippen molar-refractivity contribution in [2.45, 2.75) is 73.5 Å². The van der Waals surface area contributed by atoms with Crippen molar-refractivity contribution in [2.24, 2.45) is 13.0 Å². The second-order valence-electron chi connectivity index (χ2n) is 17.8. The van der Waals surface area contributed by atoms with Gasteiger partial charge in [-0.05, 0) is 6.42 Å². The molecule has 0 bridgehead atoms. The number of phosphoric acid groups is 1. The minimum absolute atomic E-state index is 0.0183. The third kappa shape index (κ3) is 11.3. The fourth-order valence-electron chi connectivity index (χ4n) is 9.36. The number of phosphoric ester groups is 1. The highest BCUT2D eigenvalue weighted by molar-refractivity contribution is 7.74. The Bertz CT molecular complexity index is 3510. The van der Waals surface area contributed by atoms with Gasteiger partial charge in [0.2, 0.25) is 17.7 Å². The highest BCUT2D eigenvalue weighted by Gasteiger charge is 2.58. The Balaban J connectivity index is 0.890. The number of H-pyrrole nitrogens is 2. The molecule has 41 heteroatoms. The minimum Gasteiger partial charge on any atom is -0.387 e. The van der Waals surface area contributed by atoms with Crippen LogP contribution in [0.1, 0.15) is 25.1 Å². The zero-order valence-corrected chi connectivity index (χ0v) is 43.8. The van der Waals surface area contributed by atoms with Gasteiger partial charge < -0.3 is 84.8 Å². The Morgan fingerprint density at radius 1 is 0.740 bits per heavy atom. The first kappa shape index (κ1) is 56.6. The smallest absolute Gasteiger partial charge is 0.387 e.